The molecule has 10 nitrogen and oxygen atoms in total. The van der Waals surface area contributed by atoms with Gasteiger partial charge in [0.05, 0.1) is 46.7 Å². The Hall–Kier alpha value is -4.25. The van der Waals surface area contributed by atoms with E-state index in [-0.39, 0.29) is 23.3 Å². The van der Waals surface area contributed by atoms with Crippen LogP contribution in [-0.2, 0) is 11.8 Å². The number of pyridine rings is 3. The maximum atomic E-state index is 15.5. The zero-order chi connectivity index (χ0) is 27.3. The third-order valence-corrected chi connectivity index (χ3v) is 7.47. The molecular weight excluding hydrogens is 501 g/mol. The van der Waals surface area contributed by atoms with Crippen LogP contribution in [0.1, 0.15) is 47.7 Å². The van der Waals surface area contributed by atoms with E-state index in [1.54, 1.807) is 29.2 Å². The number of nitrogens with zero attached hydrogens (tertiary/aromatic N) is 7. The average molecular weight is 530 g/mol. The van der Waals surface area contributed by atoms with Crippen molar-refractivity contribution in [1.29, 1.82) is 0 Å². The van der Waals surface area contributed by atoms with Crippen LogP contribution in [0.5, 0.6) is 5.88 Å². The van der Waals surface area contributed by atoms with Gasteiger partial charge in [0, 0.05) is 45.1 Å². The molecule has 0 saturated carbocycles. The number of ether oxygens (including phenoxy) is 2. The van der Waals surface area contributed by atoms with Gasteiger partial charge in [0.25, 0.3) is 0 Å². The zero-order valence-electron chi connectivity index (χ0n) is 22.2. The minimum atomic E-state index is -0.496. The standard InChI is InChI=1S/C28H28FN7O3/c1-15-26(35(3)34-33-15)18-12-22-25(31-14-18)23-21(13-20(16(2)37)32-28(23)38-4)36(22)27(17-7-10-39-11-8-17)24-19(29)6-5-9-30-24/h5-6,9,12-14,17,27H,7-8,10-11H2,1-4H3/t27-/m0/s1. The smallest absolute Gasteiger partial charge is 0.225 e. The van der Waals surface area contributed by atoms with Crippen molar-refractivity contribution >= 4 is 27.7 Å². The van der Waals surface area contributed by atoms with Gasteiger partial charge in [-0.15, -0.1) is 5.10 Å². The Morgan fingerprint density at radius 3 is 2.67 bits per heavy atom. The molecule has 1 atom stereocenters. The summed E-state index contributed by atoms with van der Waals surface area (Å²) in [6, 6.07) is 6.27. The highest BCUT2D eigenvalue weighted by atomic mass is 19.1. The van der Waals surface area contributed by atoms with E-state index in [0.717, 1.165) is 35.3 Å². The number of carbonyl (C=O) groups is 1. The highest BCUT2D eigenvalue weighted by Crippen LogP contribution is 2.43. The highest BCUT2D eigenvalue weighted by molar-refractivity contribution is 6.11. The number of aromatic nitrogens is 7. The van der Waals surface area contributed by atoms with Crippen molar-refractivity contribution in [2.75, 3.05) is 20.3 Å². The Labute approximate surface area is 223 Å². The van der Waals surface area contributed by atoms with Crippen LogP contribution in [0.4, 0.5) is 4.39 Å². The van der Waals surface area contributed by atoms with Crippen LogP contribution in [0, 0.1) is 18.7 Å². The largest absolute Gasteiger partial charge is 0.480 e. The van der Waals surface area contributed by atoms with Crippen molar-refractivity contribution in [2.24, 2.45) is 13.0 Å². The van der Waals surface area contributed by atoms with Crippen molar-refractivity contribution in [3.05, 3.63) is 59.6 Å². The number of rotatable bonds is 6. The lowest BCUT2D eigenvalue weighted by atomic mass is 9.88. The molecule has 0 unspecified atom stereocenters. The molecule has 6 heterocycles. The van der Waals surface area contributed by atoms with Crippen LogP contribution in [0.25, 0.3) is 33.2 Å². The Balaban J connectivity index is 1.75. The second kappa shape index (κ2) is 9.81. The first-order valence-electron chi connectivity index (χ1n) is 12.8. The molecule has 11 heteroatoms. The maximum Gasteiger partial charge on any atom is 0.225 e. The van der Waals surface area contributed by atoms with Crippen LogP contribution < -0.4 is 4.74 Å². The highest BCUT2D eigenvalue weighted by Gasteiger charge is 2.34. The van der Waals surface area contributed by atoms with Crippen molar-refractivity contribution in [2.45, 2.75) is 32.7 Å². The fourth-order valence-corrected chi connectivity index (χ4v) is 5.70. The molecule has 1 aliphatic rings. The van der Waals surface area contributed by atoms with Gasteiger partial charge in [0.2, 0.25) is 5.88 Å². The van der Waals surface area contributed by atoms with Crippen molar-refractivity contribution < 1.29 is 18.7 Å². The van der Waals surface area contributed by atoms with Gasteiger partial charge in [0.15, 0.2) is 5.78 Å². The molecule has 0 N–H and O–H groups in total. The summed E-state index contributed by atoms with van der Waals surface area (Å²) in [5, 5.41) is 9.01. The number of ketones is 1. The number of methoxy groups -OCH3 is 1. The Bertz CT molecular complexity index is 1700. The number of Topliss-reactive ketones (excluding diaryl/α,β-unsaturated/α-hetero) is 1. The van der Waals surface area contributed by atoms with Crippen LogP contribution >= 0.6 is 0 Å². The summed E-state index contributed by atoms with van der Waals surface area (Å²) in [5.41, 5.74) is 5.02. The molecule has 1 fully saturated rings. The number of aryl methyl sites for hydroxylation is 2. The summed E-state index contributed by atoms with van der Waals surface area (Å²) in [6.07, 6.45) is 4.82. The van der Waals surface area contributed by atoms with Gasteiger partial charge in [-0.25, -0.2) is 14.1 Å². The molecule has 0 spiro atoms. The topological polar surface area (TPSA) is 110 Å². The molecule has 5 aromatic heterocycles. The van der Waals surface area contributed by atoms with Crippen molar-refractivity contribution in [3.8, 4) is 17.1 Å². The fourth-order valence-electron chi connectivity index (χ4n) is 5.70. The predicted octanol–water partition coefficient (Wildman–Crippen LogP) is 4.45. The van der Waals surface area contributed by atoms with E-state index in [0.29, 0.717) is 35.3 Å². The number of halogens is 1. The van der Waals surface area contributed by atoms with Crippen molar-refractivity contribution in [3.63, 3.8) is 0 Å². The summed E-state index contributed by atoms with van der Waals surface area (Å²) >= 11 is 0. The minimum Gasteiger partial charge on any atom is -0.480 e. The Morgan fingerprint density at radius 1 is 1.21 bits per heavy atom. The summed E-state index contributed by atoms with van der Waals surface area (Å²) < 4.78 is 30.6. The second-order valence-electron chi connectivity index (χ2n) is 9.84. The quantitative estimate of drug-likeness (QED) is 0.297. The van der Waals surface area contributed by atoms with Gasteiger partial charge < -0.3 is 14.0 Å². The third-order valence-electron chi connectivity index (χ3n) is 7.47. The maximum absolute atomic E-state index is 15.5. The van der Waals surface area contributed by atoms with Gasteiger partial charge in [0.1, 0.15) is 17.0 Å². The molecular formula is C28H28FN7O3. The van der Waals surface area contributed by atoms with E-state index in [2.05, 4.69) is 24.8 Å². The molecule has 0 aliphatic carbocycles. The van der Waals surface area contributed by atoms with E-state index in [9.17, 15) is 4.79 Å². The normalized spacial score (nSPS) is 15.2. The molecule has 5 aromatic rings. The molecule has 6 rings (SSSR count). The van der Waals surface area contributed by atoms with E-state index >= 15 is 4.39 Å². The molecule has 200 valence electrons. The van der Waals surface area contributed by atoms with Crippen LogP contribution in [0.15, 0.2) is 36.7 Å². The number of fused-ring (bicyclic) bond motifs is 3. The molecule has 39 heavy (non-hydrogen) atoms. The molecule has 1 saturated heterocycles. The Kier molecular flexibility index (Phi) is 6.30. The molecule has 0 radical (unpaired) electrons. The lowest BCUT2D eigenvalue weighted by Gasteiger charge is -2.32. The lowest BCUT2D eigenvalue weighted by molar-refractivity contribution is 0.0543. The summed E-state index contributed by atoms with van der Waals surface area (Å²) in [5.74, 6) is -0.297. The zero-order valence-corrected chi connectivity index (χ0v) is 22.2. The third kappa shape index (κ3) is 4.13. The van der Waals surface area contributed by atoms with E-state index in [4.69, 9.17) is 14.5 Å². The first-order valence-corrected chi connectivity index (χ1v) is 12.8. The second-order valence-corrected chi connectivity index (χ2v) is 9.84. The molecule has 0 amide bonds. The number of hydrogen-bond acceptors (Lipinski definition) is 8. The summed E-state index contributed by atoms with van der Waals surface area (Å²) in [6.45, 7) is 4.49. The minimum absolute atomic E-state index is 0.0191. The van der Waals surface area contributed by atoms with Gasteiger partial charge in [-0.3, -0.25) is 14.8 Å². The predicted molar refractivity (Wildman–Crippen MR) is 142 cm³/mol. The van der Waals surface area contributed by atoms with Gasteiger partial charge in [-0.05, 0) is 49.9 Å². The summed E-state index contributed by atoms with van der Waals surface area (Å²) in [4.78, 5) is 26.4. The lowest BCUT2D eigenvalue weighted by Crippen LogP contribution is -2.28. The van der Waals surface area contributed by atoms with Crippen LogP contribution in [0.2, 0.25) is 0 Å². The molecule has 1 aliphatic heterocycles. The van der Waals surface area contributed by atoms with E-state index in [1.807, 2.05) is 20.0 Å². The molecule has 0 aromatic carbocycles. The SMILES string of the molecule is COc1nc(C(C)=O)cc2c1c1ncc(-c3c(C)nnn3C)cc1n2[C@H](c1ncccc1F)C1CCOCC1. The fraction of sp³-hybridized carbons (Fsp3) is 0.357. The van der Waals surface area contributed by atoms with E-state index in [1.165, 1.54) is 20.1 Å². The number of carbonyl (C=O) groups excluding carboxylic acids is 1. The first-order chi connectivity index (χ1) is 18.9. The van der Waals surface area contributed by atoms with E-state index < -0.39 is 11.9 Å². The van der Waals surface area contributed by atoms with Gasteiger partial charge in [-0.1, -0.05) is 5.21 Å². The molecule has 0 bridgehead atoms. The van der Waals surface area contributed by atoms with Crippen LogP contribution in [0.3, 0.4) is 0 Å². The summed E-state index contributed by atoms with van der Waals surface area (Å²) in [7, 11) is 3.34. The number of hydrogen-bond donors (Lipinski definition) is 0. The van der Waals surface area contributed by atoms with Gasteiger partial charge in [-0.2, -0.15) is 0 Å². The van der Waals surface area contributed by atoms with Crippen molar-refractivity contribution in [1.82, 2.24) is 34.5 Å². The van der Waals surface area contributed by atoms with Crippen LogP contribution in [-0.4, -0.2) is 60.6 Å². The Morgan fingerprint density at radius 2 is 2.00 bits per heavy atom. The monoisotopic (exact) mass is 529 g/mol. The first kappa shape index (κ1) is 25.1. The average Bonchev–Trinajstić information content (AvgIpc) is 3.45. The van der Waals surface area contributed by atoms with Gasteiger partial charge >= 0.3 is 0 Å².